The minimum Gasteiger partial charge on any atom is -0.452 e. The second-order valence-electron chi connectivity index (χ2n) is 6.92. The van der Waals surface area contributed by atoms with E-state index in [0.29, 0.717) is 31.9 Å². The second kappa shape index (κ2) is 11.0. The first-order valence-corrected chi connectivity index (χ1v) is 10.6. The first-order chi connectivity index (χ1) is 14.2. The second-order valence-corrected chi connectivity index (χ2v) is 8.25. The maximum absolute atomic E-state index is 12.9. The predicted molar refractivity (Wildman–Crippen MR) is 111 cm³/mol. The van der Waals surface area contributed by atoms with Crippen LogP contribution in [0.3, 0.4) is 0 Å². The standard InChI is InChI=1S/C20H26FN3O5S/c1-13(19(27)24-10-8-23(9-11-24)15(3)25)29-20(28)14(2)30-12-18(26)22-17-6-4-16(21)5-7-17/h4-7,13-14H,8-12H2,1-3H3,(H,22,26). The molecule has 30 heavy (non-hydrogen) atoms. The van der Waals surface area contributed by atoms with Gasteiger partial charge in [0, 0.05) is 38.8 Å². The van der Waals surface area contributed by atoms with Crippen molar-refractivity contribution in [2.24, 2.45) is 0 Å². The third kappa shape index (κ3) is 7.01. The van der Waals surface area contributed by atoms with E-state index in [-0.39, 0.29) is 23.5 Å². The summed E-state index contributed by atoms with van der Waals surface area (Å²) in [5.74, 6) is -1.66. The zero-order valence-electron chi connectivity index (χ0n) is 17.2. The van der Waals surface area contributed by atoms with Crippen molar-refractivity contribution in [2.75, 3.05) is 37.2 Å². The third-order valence-corrected chi connectivity index (χ3v) is 5.72. The minimum absolute atomic E-state index is 0.00295. The van der Waals surface area contributed by atoms with Crippen molar-refractivity contribution in [2.45, 2.75) is 32.1 Å². The van der Waals surface area contributed by atoms with Crippen molar-refractivity contribution >= 4 is 41.1 Å². The Morgan fingerprint density at radius 1 is 1.07 bits per heavy atom. The lowest BCUT2D eigenvalue weighted by Gasteiger charge is -2.35. The van der Waals surface area contributed by atoms with Crippen LogP contribution in [0.5, 0.6) is 0 Å². The molecule has 164 valence electrons. The average molecular weight is 440 g/mol. The highest BCUT2D eigenvalue weighted by Gasteiger charge is 2.29. The summed E-state index contributed by atoms with van der Waals surface area (Å²) in [6.45, 7) is 6.30. The number of halogens is 1. The smallest absolute Gasteiger partial charge is 0.319 e. The minimum atomic E-state index is -0.947. The molecule has 2 rings (SSSR count). The van der Waals surface area contributed by atoms with Gasteiger partial charge in [0.05, 0.1) is 5.75 Å². The fraction of sp³-hybridized carbons (Fsp3) is 0.500. The quantitative estimate of drug-likeness (QED) is 0.647. The number of thioether (sulfide) groups is 1. The lowest BCUT2D eigenvalue weighted by molar-refractivity contribution is -0.159. The van der Waals surface area contributed by atoms with E-state index < -0.39 is 23.1 Å². The van der Waals surface area contributed by atoms with Crippen molar-refractivity contribution in [3.8, 4) is 0 Å². The number of amides is 3. The Bertz CT molecular complexity index is 781. The molecule has 1 aliphatic heterocycles. The maximum atomic E-state index is 12.9. The molecule has 1 aromatic carbocycles. The summed E-state index contributed by atoms with van der Waals surface area (Å²) in [5.41, 5.74) is 0.460. The highest BCUT2D eigenvalue weighted by molar-refractivity contribution is 8.01. The molecular formula is C20H26FN3O5S. The molecule has 0 bridgehead atoms. The molecule has 1 aliphatic rings. The molecule has 1 heterocycles. The Kier molecular flexibility index (Phi) is 8.64. The van der Waals surface area contributed by atoms with Crippen LogP contribution in [0, 0.1) is 5.82 Å². The zero-order chi connectivity index (χ0) is 22.3. The number of rotatable bonds is 7. The summed E-state index contributed by atoms with van der Waals surface area (Å²) in [6, 6.07) is 5.36. The molecule has 3 amide bonds. The van der Waals surface area contributed by atoms with Gasteiger partial charge < -0.3 is 19.9 Å². The monoisotopic (exact) mass is 439 g/mol. The van der Waals surface area contributed by atoms with Crippen LogP contribution in [-0.4, -0.2) is 76.8 Å². The van der Waals surface area contributed by atoms with Gasteiger partial charge in [-0.3, -0.25) is 19.2 Å². The van der Waals surface area contributed by atoms with Crippen LogP contribution in [0.15, 0.2) is 24.3 Å². The van der Waals surface area contributed by atoms with Crippen LogP contribution in [0.1, 0.15) is 20.8 Å². The summed E-state index contributed by atoms with van der Waals surface area (Å²) >= 11 is 1.08. The molecule has 1 N–H and O–H groups in total. The highest BCUT2D eigenvalue weighted by Crippen LogP contribution is 2.16. The van der Waals surface area contributed by atoms with Crippen molar-refractivity contribution in [1.29, 1.82) is 0 Å². The van der Waals surface area contributed by atoms with Gasteiger partial charge >= 0.3 is 5.97 Å². The zero-order valence-corrected chi connectivity index (χ0v) is 18.0. The molecule has 1 saturated heterocycles. The first-order valence-electron chi connectivity index (χ1n) is 9.59. The molecular weight excluding hydrogens is 413 g/mol. The van der Waals surface area contributed by atoms with E-state index in [0.717, 1.165) is 11.8 Å². The van der Waals surface area contributed by atoms with Crippen LogP contribution in [0.2, 0.25) is 0 Å². The molecule has 0 spiro atoms. The van der Waals surface area contributed by atoms with Crippen LogP contribution < -0.4 is 5.32 Å². The van der Waals surface area contributed by atoms with Gasteiger partial charge in [-0.1, -0.05) is 0 Å². The highest BCUT2D eigenvalue weighted by atomic mass is 32.2. The number of piperazine rings is 1. The number of nitrogens with zero attached hydrogens (tertiary/aromatic N) is 2. The molecule has 8 nitrogen and oxygen atoms in total. The Balaban J connectivity index is 1.73. The summed E-state index contributed by atoms with van der Waals surface area (Å²) in [4.78, 5) is 51.3. The van der Waals surface area contributed by atoms with E-state index in [4.69, 9.17) is 4.74 Å². The van der Waals surface area contributed by atoms with Gasteiger partial charge in [0.2, 0.25) is 11.8 Å². The number of carbonyl (C=O) groups excluding carboxylic acids is 4. The first kappa shape index (κ1) is 23.7. The van der Waals surface area contributed by atoms with Gasteiger partial charge in [-0.25, -0.2) is 4.39 Å². The topological polar surface area (TPSA) is 96.0 Å². The van der Waals surface area contributed by atoms with E-state index in [1.165, 1.54) is 38.1 Å². The van der Waals surface area contributed by atoms with E-state index in [1.54, 1.807) is 16.7 Å². The van der Waals surface area contributed by atoms with Crippen LogP contribution in [-0.2, 0) is 23.9 Å². The summed E-state index contributed by atoms with van der Waals surface area (Å²) < 4.78 is 18.1. The number of anilines is 1. The van der Waals surface area contributed by atoms with Crippen LogP contribution >= 0.6 is 11.8 Å². The number of nitrogens with one attached hydrogen (secondary N) is 1. The van der Waals surface area contributed by atoms with E-state index in [9.17, 15) is 23.6 Å². The molecule has 10 heteroatoms. The number of hydrogen-bond acceptors (Lipinski definition) is 6. The molecule has 0 aromatic heterocycles. The van der Waals surface area contributed by atoms with Gasteiger partial charge in [-0.15, -0.1) is 11.8 Å². The third-order valence-electron chi connectivity index (χ3n) is 4.60. The molecule has 1 aromatic rings. The van der Waals surface area contributed by atoms with Crippen molar-refractivity contribution in [1.82, 2.24) is 9.80 Å². The largest absolute Gasteiger partial charge is 0.452 e. The van der Waals surface area contributed by atoms with E-state index in [1.807, 2.05) is 0 Å². The lowest BCUT2D eigenvalue weighted by Crippen LogP contribution is -2.52. The van der Waals surface area contributed by atoms with Crippen LogP contribution in [0.4, 0.5) is 10.1 Å². The maximum Gasteiger partial charge on any atom is 0.319 e. The molecule has 2 unspecified atom stereocenters. The summed E-state index contributed by atoms with van der Waals surface area (Å²) in [5, 5.41) is 1.96. The number of hydrogen-bond donors (Lipinski definition) is 1. The molecule has 0 aliphatic carbocycles. The van der Waals surface area contributed by atoms with Gasteiger partial charge in [-0.2, -0.15) is 0 Å². The number of esters is 1. The van der Waals surface area contributed by atoms with Crippen molar-refractivity contribution < 1.29 is 28.3 Å². The molecule has 1 fully saturated rings. The fourth-order valence-corrected chi connectivity index (χ4v) is 3.48. The fourth-order valence-electron chi connectivity index (χ4n) is 2.82. The van der Waals surface area contributed by atoms with Crippen LogP contribution in [0.25, 0.3) is 0 Å². The summed E-state index contributed by atoms with van der Waals surface area (Å²) in [7, 11) is 0. The Morgan fingerprint density at radius 2 is 1.63 bits per heavy atom. The number of carbonyl (C=O) groups is 4. The Hall–Kier alpha value is -2.62. The normalized spacial score (nSPS) is 15.9. The van der Waals surface area contributed by atoms with Crippen molar-refractivity contribution in [3.63, 3.8) is 0 Å². The SMILES string of the molecule is CC(=O)N1CCN(C(=O)C(C)OC(=O)C(C)SCC(=O)Nc2ccc(F)cc2)CC1. The average Bonchev–Trinajstić information content (AvgIpc) is 2.73. The molecule has 0 radical (unpaired) electrons. The Morgan fingerprint density at radius 3 is 2.20 bits per heavy atom. The summed E-state index contributed by atoms with van der Waals surface area (Å²) in [6.07, 6.45) is -0.947. The number of benzene rings is 1. The van der Waals surface area contributed by atoms with Gasteiger partial charge in [0.15, 0.2) is 6.10 Å². The Labute approximate surface area is 179 Å². The predicted octanol–water partition coefficient (Wildman–Crippen LogP) is 1.51. The van der Waals surface area contributed by atoms with Crippen molar-refractivity contribution in [3.05, 3.63) is 30.1 Å². The van der Waals surface area contributed by atoms with Gasteiger partial charge in [0.1, 0.15) is 11.1 Å². The van der Waals surface area contributed by atoms with E-state index in [2.05, 4.69) is 5.32 Å². The molecule has 2 atom stereocenters. The van der Waals surface area contributed by atoms with Gasteiger partial charge in [0.25, 0.3) is 5.91 Å². The lowest BCUT2D eigenvalue weighted by atomic mass is 10.2. The van der Waals surface area contributed by atoms with Gasteiger partial charge in [-0.05, 0) is 38.1 Å². The van der Waals surface area contributed by atoms with E-state index >= 15 is 0 Å². The number of ether oxygens (including phenoxy) is 1. The molecule has 0 saturated carbocycles.